The van der Waals surface area contributed by atoms with Crippen molar-refractivity contribution in [1.82, 2.24) is 23.7 Å². The molecule has 0 aliphatic rings. The largest absolute Gasteiger partial charge is 0.381 e. The summed E-state index contributed by atoms with van der Waals surface area (Å²) in [5.41, 5.74) is 0.870. The van der Waals surface area contributed by atoms with Crippen molar-refractivity contribution in [3.63, 3.8) is 0 Å². The number of hydrogen-bond donors (Lipinski definition) is 0. The summed E-state index contributed by atoms with van der Waals surface area (Å²) >= 11 is 0. The van der Waals surface area contributed by atoms with Crippen LogP contribution in [0.1, 0.15) is 24.9 Å². The van der Waals surface area contributed by atoms with Crippen LogP contribution in [0.3, 0.4) is 0 Å². The van der Waals surface area contributed by atoms with E-state index in [2.05, 4.69) is 16.9 Å². The van der Waals surface area contributed by atoms with Gasteiger partial charge in [-0.1, -0.05) is 13.0 Å². The highest BCUT2D eigenvalue weighted by atomic mass is 16.5. The summed E-state index contributed by atoms with van der Waals surface area (Å²) in [5, 5.41) is 0. The first-order valence-corrected chi connectivity index (χ1v) is 8.67. The molecule has 0 bridgehead atoms. The fraction of sp³-hybridized carbons (Fsp3) is 0.444. The van der Waals surface area contributed by atoms with Crippen LogP contribution in [0.5, 0.6) is 0 Å². The Hall–Kier alpha value is -2.74. The number of pyridine rings is 1. The lowest BCUT2D eigenvalue weighted by molar-refractivity contribution is 0.136. The minimum atomic E-state index is -0.390. The Labute approximate surface area is 150 Å². The number of aryl methyl sites for hydroxylation is 1. The molecule has 0 aliphatic heterocycles. The summed E-state index contributed by atoms with van der Waals surface area (Å²) in [6, 6.07) is 5.65. The van der Waals surface area contributed by atoms with Crippen LogP contribution in [0.2, 0.25) is 0 Å². The quantitative estimate of drug-likeness (QED) is 0.585. The molecule has 0 aromatic carbocycles. The average Bonchev–Trinajstić information content (AvgIpc) is 3.01. The smallest absolute Gasteiger partial charge is 0.332 e. The van der Waals surface area contributed by atoms with Gasteiger partial charge in [0.25, 0.3) is 5.56 Å². The standard InChI is InChI=1S/C18H23N5O3/c1-4-10-26-11-8-14-20-16-15(17(24)22(3)18(25)21(16)2)23(14)12-13-7-5-6-9-19-13/h5-7,9H,4,8,10-12H2,1-3H3. The van der Waals surface area contributed by atoms with Gasteiger partial charge in [0.2, 0.25) is 0 Å². The molecule has 0 saturated heterocycles. The first-order chi connectivity index (χ1) is 12.5. The van der Waals surface area contributed by atoms with Crippen LogP contribution in [0, 0.1) is 0 Å². The van der Waals surface area contributed by atoms with Gasteiger partial charge in [-0.2, -0.15) is 0 Å². The third-order valence-electron chi connectivity index (χ3n) is 4.29. The number of ether oxygens (including phenoxy) is 1. The van der Waals surface area contributed by atoms with E-state index < -0.39 is 5.69 Å². The van der Waals surface area contributed by atoms with Gasteiger partial charge in [0.05, 0.1) is 18.8 Å². The predicted molar refractivity (Wildman–Crippen MR) is 98.4 cm³/mol. The molecule has 0 aliphatic carbocycles. The van der Waals surface area contributed by atoms with Gasteiger partial charge in [0.15, 0.2) is 11.2 Å². The number of fused-ring (bicyclic) bond motifs is 1. The molecule has 0 atom stereocenters. The molecule has 3 heterocycles. The summed E-state index contributed by atoms with van der Waals surface area (Å²) in [7, 11) is 3.10. The Bertz CT molecular complexity index is 1020. The molecule has 138 valence electrons. The van der Waals surface area contributed by atoms with Crippen LogP contribution in [-0.2, 0) is 31.8 Å². The minimum absolute atomic E-state index is 0.354. The van der Waals surface area contributed by atoms with E-state index in [0.717, 1.165) is 16.7 Å². The van der Waals surface area contributed by atoms with E-state index in [1.54, 1.807) is 13.2 Å². The Morgan fingerprint density at radius 1 is 1.12 bits per heavy atom. The lowest BCUT2D eigenvalue weighted by Gasteiger charge is -2.09. The summed E-state index contributed by atoms with van der Waals surface area (Å²) in [6.45, 7) is 3.65. The zero-order valence-corrected chi connectivity index (χ0v) is 15.3. The van der Waals surface area contributed by atoms with Crippen molar-refractivity contribution in [3.05, 3.63) is 56.8 Å². The van der Waals surface area contributed by atoms with E-state index in [1.165, 1.54) is 11.6 Å². The van der Waals surface area contributed by atoms with Gasteiger partial charge in [-0.25, -0.2) is 9.78 Å². The maximum absolute atomic E-state index is 12.7. The van der Waals surface area contributed by atoms with E-state index in [-0.39, 0.29) is 5.56 Å². The lowest BCUT2D eigenvalue weighted by Crippen LogP contribution is -2.37. The zero-order valence-electron chi connectivity index (χ0n) is 15.3. The van der Waals surface area contributed by atoms with Crippen LogP contribution >= 0.6 is 0 Å². The number of hydrogen-bond acceptors (Lipinski definition) is 5. The highest BCUT2D eigenvalue weighted by Crippen LogP contribution is 2.14. The first-order valence-electron chi connectivity index (χ1n) is 8.67. The Balaban J connectivity index is 2.13. The molecule has 8 nitrogen and oxygen atoms in total. The molecule has 3 rings (SSSR count). The van der Waals surface area contributed by atoms with Crippen molar-refractivity contribution in [3.8, 4) is 0 Å². The molecule has 3 aromatic rings. The molecule has 26 heavy (non-hydrogen) atoms. The summed E-state index contributed by atoms with van der Waals surface area (Å²) in [5.74, 6) is 0.708. The van der Waals surface area contributed by atoms with Gasteiger partial charge < -0.3 is 9.30 Å². The van der Waals surface area contributed by atoms with Gasteiger partial charge in [-0.05, 0) is 18.6 Å². The van der Waals surface area contributed by atoms with Gasteiger partial charge in [-0.15, -0.1) is 0 Å². The predicted octanol–water partition coefficient (Wildman–Crippen LogP) is 0.846. The molecule has 0 saturated carbocycles. The van der Waals surface area contributed by atoms with Crippen molar-refractivity contribution < 1.29 is 4.74 Å². The fourth-order valence-electron chi connectivity index (χ4n) is 2.92. The Morgan fingerprint density at radius 3 is 2.62 bits per heavy atom. The Morgan fingerprint density at radius 2 is 1.92 bits per heavy atom. The molecular formula is C18H23N5O3. The van der Waals surface area contributed by atoms with Gasteiger partial charge in [-0.3, -0.25) is 18.9 Å². The van der Waals surface area contributed by atoms with Crippen molar-refractivity contribution >= 4 is 11.2 Å². The number of nitrogens with zero attached hydrogens (tertiary/aromatic N) is 5. The van der Waals surface area contributed by atoms with E-state index in [4.69, 9.17) is 4.74 Å². The van der Waals surface area contributed by atoms with E-state index in [1.807, 2.05) is 22.8 Å². The van der Waals surface area contributed by atoms with Crippen LogP contribution in [-0.4, -0.2) is 36.9 Å². The van der Waals surface area contributed by atoms with Crippen LogP contribution < -0.4 is 11.2 Å². The Kier molecular flexibility index (Phi) is 5.32. The molecule has 0 N–H and O–H groups in total. The summed E-state index contributed by atoms with van der Waals surface area (Å²) in [4.78, 5) is 33.9. The molecule has 0 amide bonds. The normalized spacial score (nSPS) is 11.3. The third kappa shape index (κ3) is 3.32. The number of imidazole rings is 1. The van der Waals surface area contributed by atoms with E-state index in [0.29, 0.717) is 43.2 Å². The fourth-order valence-corrected chi connectivity index (χ4v) is 2.92. The molecule has 0 spiro atoms. The summed E-state index contributed by atoms with van der Waals surface area (Å²) < 4.78 is 9.93. The molecular weight excluding hydrogens is 334 g/mol. The second-order valence-corrected chi connectivity index (χ2v) is 6.18. The van der Waals surface area contributed by atoms with Crippen LogP contribution in [0.4, 0.5) is 0 Å². The lowest BCUT2D eigenvalue weighted by atomic mass is 10.3. The SMILES string of the molecule is CCCOCCc1nc2c(c(=O)n(C)c(=O)n2C)n1Cc1ccccn1. The number of rotatable bonds is 7. The second-order valence-electron chi connectivity index (χ2n) is 6.18. The van der Waals surface area contributed by atoms with Crippen LogP contribution in [0.15, 0.2) is 34.0 Å². The average molecular weight is 357 g/mol. The maximum atomic E-state index is 12.7. The van der Waals surface area contributed by atoms with Crippen molar-refractivity contribution in [2.24, 2.45) is 14.1 Å². The first kappa shape index (κ1) is 18.1. The number of aromatic nitrogens is 5. The zero-order chi connectivity index (χ0) is 18.7. The second kappa shape index (κ2) is 7.65. The highest BCUT2D eigenvalue weighted by Gasteiger charge is 2.19. The van der Waals surface area contributed by atoms with Gasteiger partial charge in [0.1, 0.15) is 5.82 Å². The topological polar surface area (TPSA) is 83.9 Å². The molecule has 0 unspecified atom stereocenters. The third-order valence-corrected chi connectivity index (χ3v) is 4.29. The van der Waals surface area contributed by atoms with Crippen molar-refractivity contribution in [2.75, 3.05) is 13.2 Å². The summed E-state index contributed by atoms with van der Waals surface area (Å²) in [6.07, 6.45) is 3.21. The highest BCUT2D eigenvalue weighted by molar-refractivity contribution is 5.71. The van der Waals surface area contributed by atoms with Gasteiger partial charge in [0, 0.05) is 33.3 Å². The molecule has 0 fully saturated rings. The minimum Gasteiger partial charge on any atom is -0.381 e. The molecule has 0 radical (unpaired) electrons. The van der Waals surface area contributed by atoms with Crippen molar-refractivity contribution in [1.29, 1.82) is 0 Å². The maximum Gasteiger partial charge on any atom is 0.332 e. The molecule has 8 heteroatoms. The monoisotopic (exact) mass is 357 g/mol. The van der Waals surface area contributed by atoms with Crippen LogP contribution in [0.25, 0.3) is 11.2 Å². The van der Waals surface area contributed by atoms with E-state index in [9.17, 15) is 9.59 Å². The van der Waals surface area contributed by atoms with E-state index >= 15 is 0 Å². The van der Waals surface area contributed by atoms with Crippen molar-refractivity contribution in [2.45, 2.75) is 26.3 Å². The van der Waals surface area contributed by atoms with Gasteiger partial charge >= 0.3 is 5.69 Å². The molecule has 3 aromatic heterocycles.